The Morgan fingerprint density at radius 1 is 0.722 bits per heavy atom. The highest BCUT2D eigenvalue weighted by molar-refractivity contribution is 5.87. The Morgan fingerprint density at radius 2 is 1.37 bits per heavy atom. The minimum Gasteiger partial charge on any atom is -0.465 e. The molecule has 6 aromatic rings. The third-order valence-corrected chi connectivity index (χ3v) is 10.2. The molecular weight excluding hydrogens is 683 g/mol. The normalized spacial score (nSPS) is 17.4. The van der Waals surface area contributed by atoms with E-state index in [4.69, 9.17) is 4.98 Å². The van der Waals surface area contributed by atoms with Crippen LogP contribution in [0.25, 0.3) is 33.8 Å². The maximum Gasteiger partial charge on any atom is 0.405 e. The van der Waals surface area contributed by atoms with E-state index in [1.807, 2.05) is 65.7 Å². The van der Waals surface area contributed by atoms with Crippen LogP contribution in [0.2, 0.25) is 0 Å². The Labute approximate surface area is 311 Å². The number of hydrogen-bond donors (Lipinski definition) is 4. The molecule has 0 unspecified atom stereocenters. The van der Waals surface area contributed by atoms with Gasteiger partial charge >= 0.3 is 6.09 Å². The van der Waals surface area contributed by atoms with Crippen molar-refractivity contribution in [2.24, 2.45) is 0 Å². The summed E-state index contributed by atoms with van der Waals surface area (Å²) in [7, 11) is 0. The van der Waals surface area contributed by atoms with Crippen molar-refractivity contribution in [2.45, 2.75) is 50.2 Å². The fourth-order valence-electron chi connectivity index (χ4n) is 7.52. The van der Waals surface area contributed by atoms with Crippen molar-refractivity contribution in [2.75, 3.05) is 13.1 Å². The number of carbonyl (C=O) groups is 3. The smallest absolute Gasteiger partial charge is 0.405 e. The van der Waals surface area contributed by atoms with E-state index < -0.39 is 12.1 Å². The molecule has 2 fully saturated rings. The average Bonchev–Trinajstić information content (AvgIpc) is 4.04. The van der Waals surface area contributed by atoms with E-state index >= 15 is 0 Å². The summed E-state index contributed by atoms with van der Waals surface area (Å²) in [4.78, 5) is 67.1. The van der Waals surface area contributed by atoms with Gasteiger partial charge in [-0.3, -0.25) is 19.6 Å². The number of nitrogens with one attached hydrogen (secondary N) is 3. The summed E-state index contributed by atoms with van der Waals surface area (Å²) in [5.74, 6) is 1.22. The second-order valence-electron chi connectivity index (χ2n) is 13.6. The quantitative estimate of drug-likeness (QED) is 0.124. The highest BCUT2D eigenvalue weighted by Gasteiger charge is 2.37. The molecule has 13 nitrogen and oxygen atoms in total. The molecule has 4 N–H and O–H groups in total. The van der Waals surface area contributed by atoms with Gasteiger partial charge in [-0.05, 0) is 60.6 Å². The Kier molecular flexibility index (Phi) is 9.67. The summed E-state index contributed by atoms with van der Waals surface area (Å²) < 4.78 is 0. The number of nitrogens with zero attached hydrogens (tertiary/aromatic N) is 6. The number of carbonyl (C=O) groups excluding carboxylic acids is 2. The molecule has 54 heavy (non-hydrogen) atoms. The first-order chi connectivity index (χ1) is 26.4. The lowest BCUT2D eigenvalue weighted by molar-refractivity contribution is -0.134. The summed E-state index contributed by atoms with van der Waals surface area (Å²) in [6.45, 7) is 1.22. The van der Waals surface area contributed by atoms with Crippen molar-refractivity contribution in [1.82, 2.24) is 45.0 Å². The molecule has 0 aliphatic carbocycles. The Bertz CT molecular complexity index is 2240. The van der Waals surface area contributed by atoms with Crippen LogP contribution in [0.15, 0.2) is 110 Å². The molecule has 2 aliphatic heterocycles. The third kappa shape index (κ3) is 7.20. The average molecular weight is 722 g/mol. The molecule has 2 aromatic carbocycles. The molecule has 0 spiro atoms. The van der Waals surface area contributed by atoms with Crippen LogP contribution >= 0.6 is 0 Å². The van der Waals surface area contributed by atoms with Gasteiger partial charge in [0.2, 0.25) is 5.91 Å². The van der Waals surface area contributed by atoms with Gasteiger partial charge in [0.15, 0.2) is 0 Å². The zero-order chi connectivity index (χ0) is 37.0. The molecule has 2 saturated heterocycles. The van der Waals surface area contributed by atoms with E-state index in [9.17, 15) is 19.5 Å². The molecule has 272 valence electrons. The van der Waals surface area contributed by atoms with Crippen molar-refractivity contribution in [3.8, 4) is 33.8 Å². The molecule has 3 atom stereocenters. The van der Waals surface area contributed by atoms with Crippen molar-refractivity contribution in [3.63, 3.8) is 0 Å². The second kappa shape index (κ2) is 15.2. The van der Waals surface area contributed by atoms with E-state index in [1.54, 1.807) is 54.0 Å². The zero-order valence-corrected chi connectivity index (χ0v) is 29.4. The summed E-state index contributed by atoms with van der Waals surface area (Å²) in [6.07, 6.45) is 11.2. The summed E-state index contributed by atoms with van der Waals surface area (Å²) >= 11 is 0. The molecular formula is C41H39N9O4. The predicted octanol–water partition coefficient (Wildman–Crippen LogP) is 6.50. The summed E-state index contributed by atoms with van der Waals surface area (Å²) in [6, 6.07) is 23.3. The van der Waals surface area contributed by atoms with Gasteiger partial charge in [0.1, 0.15) is 17.7 Å². The van der Waals surface area contributed by atoms with Crippen LogP contribution in [0, 0.1) is 0 Å². The summed E-state index contributed by atoms with van der Waals surface area (Å²) in [5.41, 5.74) is 6.76. The maximum atomic E-state index is 13.7. The molecule has 8 rings (SSSR count). The van der Waals surface area contributed by atoms with Crippen molar-refractivity contribution >= 4 is 17.9 Å². The molecule has 0 saturated carbocycles. The standard InChI is InChI=1S/C41H39N9O4/c51-36(21-26-7-4-18-42-22-26)49-19-5-10-34(49)38-45-25-33(47-38)30-16-17-31(43-23-30)27-12-14-28(15-13-27)32-24-44-39(46-32)35-11-6-20-50(35)40(52)37(48-41(53)54)29-8-2-1-3-9-29/h1-4,7-9,12-18,22-25,34-35,37,48H,5-6,10-11,19-21H2,(H,44,46)(H,45,47)(H,53,54)/t34-,35-,37+/m0/s1. The zero-order valence-electron chi connectivity index (χ0n) is 29.4. The van der Waals surface area contributed by atoms with Gasteiger partial charge in [-0.1, -0.05) is 60.7 Å². The van der Waals surface area contributed by atoms with Gasteiger partial charge < -0.3 is 30.2 Å². The molecule has 0 radical (unpaired) electrons. The number of likely N-dealkylation sites (tertiary alicyclic amines) is 2. The number of carboxylic acid groups (broad SMARTS) is 1. The Balaban J connectivity index is 0.921. The number of aromatic amines is 2. The number of aromatic nitrogens is 6. The van der Waals surface area contributed by atoms with E-state index in [2.05, 4.69) is 30.2 Å². The fourth-order valence-corrected chi connectivity index (χ4v) is 7.52. The van der Waals surface area contributed by atoms with Crippen LogP contribution in [-0.2, 0) is 16.0 Å². The van der Waals surface area contributed by atoms with Crippen LogP contribution in [0.5, 0.6) is 0 Å². The van der Waals surface area contributed by atoms with Crippen molar-refractivity contribution in [3.05, 3.63) is 133 Å². The van der Waals surface area contributed by atoms with Crippen LogP contribution in [0.4, 0.5) is 4.79 Å². The maximum absolute atomic E-state index is 13.7. The first-order valence-corrected chi connectivity index (χ1v) is 18.1. The lowest BCUT2D eigenvalue weighted by atomic mass is 10.0. The minimum absolute atomic E-state index is 0.0744. The van der Waals surface area contributed by atoms with Crippen molar-refractivity contribution < 1.29 is 19.5 Å². The molecule has 0 bridgehead atoms. The topological polar surface area (TPSA) is 173 Å². The number of benzene rings is 2. The van der Waals surface area contributed by atoms with Gasteiger partial charge in [0, 0.05) is 42.8 Å². The van der Waals surface area contributed by atoms with Crippen LogP contribution in [0.3, 0.4) is 0 Å². The van der Waals surface area contributed by atoms with Gasteiger partial charge in [-0.2, -0.15) is 0 Å². The van der Waals surface area contributed by atoms with E-state index in [0.29, 0.717) is 30.9 Å². The highest BCUT2D eigenvalue weighted by Crippen LogP contribution is 2.35. The van der Waals surface area contributed by atoms with Crippen LogP contribution in [-0.4, -0.2) is 75.8 Å². The number of imidazole rings is 2. The van der Waals surface area contributed by atoms with Gasteiger partial charge in [-0.25, -0.2) is 14.8 Å². The minimum atomic E-state index is -1.26. The molecule has 4 aromatic heterocycles. The SMILES string of the molecule is O=C(O)N[C@@H](C(=O)N1CCC[C@H]1c1ncc(-c2ccc(-c3ccc(-c4cnc([C@@H]5CCCN5C(=O)Cc5cccnc5)[nH]4)cn3)cc2)[nH]1)c1ccccc1. The molecule has 3 amide bonds. The van der Waals surface area contributed by atoms with E-state index in [0.717, 1.165) is 70.8 Å². The van der Waals surface area contributed by atoms with E-state index in [-0.39, 0.29) is 23.9 Å². The monoisotopic (exact) mass is 721 g/mol. The Morgan fingerprint density at radius 3 is 2.02 bits per heavy atom. The number of pyridine rings is 2. The van der Waals surface area contributed by atoms with Crippen LogP contribution in [0.1, 0.15) is 66.6 Å². The first-order valence-electron chi connectivity index (χ1n) is 18.1. The molecule has 13 heteroatoms. The molecule has 2 aliphatic rings. The van der Waals surface area contributed by atoms with Gasteiger partial charge in [0.05, 0.1) is 48.0 Å². The van der Waals surface area contributed by atoms with E-state index in [1.165, 1.54) is 0 Å². The lowest BCUT2D eigenvalue weighted by Gasteiger charge is -2.28. The third-order valence-electron chi connectivity index (χ3n) is 10.2. The molecule has 6 heterocycles. The lowest BCUT2D eigenvalue weighted by Crippen LogP contribution is -2.42. The number of amides is 3. The number of hydrogen-bond acceptors (Lipinski definition) is 7. The summed E-state index contributed by atoms with van der Waals surface area (Å²) in [5, 5.41) is 11.9. The second-order valence-corrected chi connectivity index (χ2v) is 13.6. The predicted molar refractivity (Wildman–Crippen MR) is 200 cm³/mol. The first kappa shape index (κ1) is 34.5. The fraction of sp³-hybridized carbons (Fsp3) is 0.244. The van der Waals surface area contributed by atoms with Crippen LogP contribution < -0.4 is 5.32 Å². The number of H-pyrrole nitrogens is 2. The van der Waals surface area contributed by atoms with Crippen molar-refractivity contribution in [1.29, 1.82) is 0 Å². The van der Waals surface area contributed by atoms with Gasteiger partial charge in [0.25, 0.3) is 5.91 Å². The van der Waals surface area contributed by atoms with Gasteiger partial charge in [-0.15, -0.1) is 0 Å². The Hall–Kier alpha value is -6.63. The number of rotatable bonds is 10. The highest BCUT2D eigenvalue weighted by atomic mass is 16.4. The largest absolute Gasteiger partial charge is 0.465 e.